The van der Waals surface area contributed by atoms with E-state index < -0.39 is 0 Å². The van der Waals surface area contributed by atoms with Crippen LogP contribution in [0.3, 0.4) is 0 Å². The van der Waals surface area contributed by atoms with Gasteiger partial charge in [0.25, 0.3) is 0 Å². The van der Waals surface area contributed by atoms with Crippen molar-refractivity contribution in [3.05, 3.63) is 60.3 Å². The fourth-order valence-corrected chi connectivity index (χ4v) is 2.81. The number of ether oxygens (including phenoxy) is 1. The van der Waals surface area contributed by atoms with Gasteiger partial charge < -0.3 is 15.4 Å². The van der Waals surface area contributed by atoms with Gasteiger partial charge in [-0.05, 0) is 31.0 Å². The lowest BCUT2D eigenvalue weighted by molar-refractivity contribution is 0.460. The van der Waals surface area contributed by atoms with Crippen molar-refractivity contribution in [2.75, 3.05) is 17.2 Å². The first-order valence-corrected chi connectivity index (χ1v) is 8.83. The summed E-state index contributed by atoms with van der Waals surface area (Å²) in [7, 11) is 0. The van der Waals surface area contributed by atoms with Crippen LogP contribution in [0.25, 0.3) is 5.57 Å². The van der Waals surface area contributed by atoms with Gasteiger partial charge >= 0.3 is 0 Å². The van der Waals surface area contributed by atoms with Crippen LogP contribution in [-0.2, 0) is 6.54 Å². The van der Waals surface area contributed by atoms with Crippen molar-refractivity contribution >= 4 is 17.2 Å². The van der Waals surface area contributed by atoms with Gasteiger partial charge in [0, 0.05) is 19.3 Å². The van der Waals surface area contributed by atoms with Crippen LogP contribution in [0.15, 0.2) is 49.0 Å². The molecule has 28 heavy (non-hydrogen) atoms. The number of para-hydroxylation sites is 2. The minimum atomic E-state index is 0.335. The Hall–Kier alpha value is -3.93. The number of nitrogens with one attached hydrogen (secondary N) is 2. The summed E-state index contributed by atoms with van der Waals surface area (Å²) in [5.74, 6) is 1.52. The lowest BCUT2D eigenvalue weighted by Gasteiger charge is -2.10. The molecule has 0 spiro atoms. The first-order valence-electron chi connectivity index (χ1n) is 8.83. The summed E-state index contributed by atoms with van der Waals surface area (Å²) in [5.41, 5.74) is 2.48. The van der Waals surface area contributed by atoms with E-state index in [9.17, 15) is 5.26 Å². The summed E-state index contributed by atoms with van der Waals surface area (Å²) in [5, 5.41) is 20.1. The van der Waals surface area contributed by atoms with Gasteiger partial charge in [0.05, 0.1) is 11.4 Å². The van der Waals surface area contributed by atoms with Crippen LogP contribution in [0.5, 0.6) is 5.75 Å². The van der Waals surface area contributed by atoms with Gasteiger partial charge in [-0.1, -0.05) is 12.1 Å². The molecule has 0 radical (unpaired) electrons. The normalized spacial score (nSPS) is 13.9. The van der Waals surface area contributed by atoms with E-state index in [4.69, 9.17) is 4.74 Å². The fraction of sp³-hybridized carbons (Fsp3) is 0.211. The smallest absolute Gasteiger partial charge is 0.223 e. The van der Waals surface area contributed by atoms with Crippen LogP contribution in [0.1, 0.15) is 17.7 Å². The molecular formula is C19H18N8O. The zero-order valence-electron chi connectivity index (χ0n) is 15.3. The van der Waals surface area contributed by atoms with E-state index in [1.165, 1.54) is 6.33 Å². The first-order chi connectivity index (χ1) is 13.7. The minimum absolute atomic E-state index is 0.335. The van der Waals surface area contributed by atoms with E-state index in [-0.39, 0.29) is 0 Å². The van der Waals surface area contributed by atoms with Crippen LogP contribution in [0.2, 0.25) is 0 Å². The molecule has 0 atom stereocenters. The number of allylic oxidation sites excluding steroid dienone is 1. The number of anilines is 2. The van der Waals surface area contributed by atoms with Crippen LogP contribution in [0, 0.1) is 18.3 Å². The number of aromatic nitrogens is 5. The highest BCUT2D eigenvalue weighted by Crippen LogP contribution is 2.35. The molecule has 2 N–H and O–H groups in total. The third-order valence-electron chi connectivity index (χ3n) is 4.21. The Morgan fingerprint density at radius 3 is 3.04 bits per heavy atom. The molecule has 140 valence electrons. The minimum Gasteiger partial charge on any atom is -0.437 e. The molecule has 0 unspecified atom stereocenters. The van der Waals surface area contributed by atoms with Crippen molar-refractivity contribution in [2.24, 2.45) is 0 Å². The van der Waals surface area contributed by atoms with Crippen molar-refractivity contribution in [3.63, 3.8) is 0 Å². The topological polar surface area (TPSA) is 114 Å². The lowest BCUT2D eigenvalue weighted by atomic mass is 10.1. The second-order valence-corrected chi connectivity index (χ2v) is 6.20. The predicted octanol–water partition coefficient (Wildman–Crippen LogP) is 2.58. The molecule has 2 aromatic heterocycles. The maximum absolute atomic E-state index is 9.73. The van der Waals surface area contributed by atoms with E-state index in [0.29, 0.717) is 35.4 Å². The van der Waals surface area contributed by atoms with Crippen LogP contribution in [0.4, 0.5) is 11.6 Å². The highest BCUT2D eigenvalue weighted by molar-refractivity contribution is 5.83. The van der Waals surface area contributed by atoms with Gasteiger partial charge in [-0.25, -0.2) is 15.0 Å². The standard InChI is InChI=1S/C19H18N8O/c1-13-10-23-19(22-7-4-8-27-12-21-11-24-27)26-17(13)14(9-20)18-25-15-5-2-3-6-16(15)28-18/h2-3,5-6,10-12,25H,4,7-8H2,1H3,(H,22,23,26)/b18-14-. The molecule has 1 aromatic carbocycles. The number of aryl methyl sites for hydroxylation is 2. The number of rotatable bonds is 6. The van der Waals surface area contributed by atoms with Gasteiger partial charge in [-0.3, -0.25) is 4.68 Å². The van der Waals surface area contributed by atoms with E-state index in [1.54, 1.807) is 17.2 Å². The summed E-state index contributed by atoms with van der Waals surface area (Å²) in [4.78, 5) is 12.7. The van der Waals surface area contributed by atoms with Crippen molar-refractivity contribution in [2.45, 2.75) is 19.9 Å². The largest absolute Gasteiger partial charge is 0.437 e. The fourth-order valence-electron chi connectivity index (χ4n) is 2.81. The average Bonchev–Trinajstić information content (AvgIpc) is 3.37. The maximum atomic E-state index is 9.73. The molecule has 0 saturated carbocycles. The van der Waals surface area contributed by atoms with Gasteiger partial charge in [0.1, 0.15) is 24.3 Å². The Kier molecular flexibility index (Phi) is 4.84. The highest BCUT2D eigenvalue weighted by Gasteiger charge is 2.23. The molecule has 0 bridgehead atoms. The van der Waals surface area contributed by atoms with Gasteiger partial charge in [0.15, 0.2) is 5.75 Å². The van der Waals surface area contributed by atoms with E-state index in [1.807, 2.05) is 31.2 Å². The number of hydrogen-bond donors (Lipinski definition) is 2. The predicted molar refractivity (Wildman–Crippen MR) is 103 cm³/mol. The zero-order valence-corrected chi connectivity index (χ0v) is 15.3. The molecule has 1 aliphatic rings. The number of nitrogens with zero attached hydrogens (tertiary/aromatic N) is 6. The molecule has 9 heteroatoms. The summed E-state index contributed by atoms with van der Waals surface area (Å²) >= 11 is 0. The highest BCUT2D eigenvalue weighted by atomic mass is 16.5. The summed E-state index contributed by atoms with van der Waals surface area (Å²) in [6, 6.07) is 9.73. The Morgan fingerprint density at radius 2 is 2.25 bits per heavy atom. The van der Waals surface area contributed by atoms with Crippen molar-refractivity contribution in [1.29, 1.82) is 5.26 Å². The van der Waals surface area contributed by atoms with Crippen LogP contribution in [-0.4, -0.2) is 31.3 Å². The molecule has 9 nitrogen and oxygen atoms in total. The van der Waals surface area contributed by atoms with E-state index >= 15 is 0 Å². The van der Waals surface area contributed by atoms with E-state index in [0.717, 1.165) is 24.2 Å². The molecular weight excluding hydrogens is 356 g/mol. The molecule has 3 heterocycles. The Balaban J connectivity index is 1.50. The van der Waals surface area contributed by atoms with Gasteiger partial charge in [0.2, 0.25) is 11.8 Å². The van der Waals surface area contributed by atoms with Crippen LogP contribution >= 0.6 is 0 Å². The summed E-state index contributed by atoms with van der Waals surface area (Å²) < 4.78 is 7.56. The Labute approximate surface area is 161 Å². The molecule has 3 aromatic rings. The summed E-state index contributed by atoms with van der Waals surface area (Å²) in [6.07, 6.45) is 5.72. The molecule has 4 rings (SSSR count). The monoisotopic (exact) mass is 374 g/mol. The third-order valence-corrected chi connectivity index (χ3v) is 4.21. The SMILES string of the molecule is Cc1cnc(NCCCn2cncn2)nc1/C(C#N)=C1/Nc2ccccc2O1. The molecule has 0 fully saturated rings. The Bertz CT molecular complexity index is 1030. The van der Waals surface area contributed by atoms with Gasteiger partial charge in [-0.2, -0.15) is 10.4 Å². The summed E-state index contributed by atoms with van der Waals surface area (Å²) in [6.45, 7) is 3.28. The Morgan fingerprint density at radius 1 is 1.36 bits per heavy atom. The van der Waals surface area contributed by atoms with E-state index in [2.05, 4.69) is 36.8 Å². The number of fused-ring (bicyclic) bond motifs is 1. The third kappa shape index (κ3) is 3.61. The second-order valence-electron chi connectivity index (χ2n) is 6.20. The molecule has 0 aliphatic carbocycles. The zero-order chi connectivity index (χ0) is 19.3. The molecule has 0 saturated heterocycles. The average molecular weight is 374 g/mol. The lowest BCUT2D eigenvalue weighted by Crippen LogP contribution is -2.11. The van der Waals surface area contributed by atoms with Crippen molar-refractivity contribution < 1.29 is 4.74 Å². The molecule has 0 amide bonds. The van der Waals surface area contributed by atoms with Crippen LogP contribution < -0.4 is 15.4 Å². The number of benzene rings is 1. The van der Waals surface area contributed by atoms with Crippen molar-refractivity contribution in [1.82, 2.24) is 24.7 Å². The van der Waals surface area contributed by atoms with Gasteiger partial charge in [-0.15, -0.1) is 0 Å². The number of nitriles is 1. The first kappa shape index (κ1) is 17.5. The second kappa shape index (κ2) is 7.75. The van der Waals surface area contributed by atoms with Crippen molar-refractivity contribution in [3.8, 4) is 11.8 Å². The maximum Gasteiger partial charge on any atom is 0.223 e. The number of hydrogen-bond acceptors (Lipinski definition) is 8. The quantitative estimate of drug-likeness (QED) is 0.500. The molecule has 1 aliphatic heterocycles.